The van der Waals surface area contributed by atoms with E-state index in [4.69, 9.17) is 0 Å². The second-order valence-electron chi connectivity index (χ2n) is 3.95. The molecule has 5 heteroatoms. The van der Waals surface area contributed by atoms with E-state index in [9.17, 15) is 20.4 Å². The van der Waals surface area contributed by atoms with E-state index in [0.717, 1.165) is 6.07 Å². The van der Waals surface area contributed by atoms with E-state index in [1.807, 2.05) is 0 Å². The third-order valence-electron chi connectivity index (χ3n) is 2.60. The minimum atomic E-state index is -0.411. The average molecular weight is 247 g/mol. The Labute approximate surface area is 104 Å². The van der Waals surface area contributed by atoms with Crippen molar-refractivity contribution in [1.29, 1.82) is 0 Å². The summed E-state index contributed by atoms with van der Waals surface area (Å²) in [6, 6.07) is 7.31. The molecule has 0 unspecified atom stereocenters. The molecule has 0 amide bonds. The van der Waals surface area contributed by atoms with Crippen molar-refractivity contribution in [3.05, 3.63) is 35.9 Å². The third kappa shape index (κ3) is 2.10. The van der Waals surface area contributed by atoms with Crippen LogP contribution in [0, 0.1) is 6.92 Å². The van der Waals surface area contributed by atoms with Crippen molar-refractivity contribution in [2.45, 2.75) is 6.92 Å². The van der Waals surface area contributed by atoms with E-state index in [1.165, 1.54) is 6.07 Å². The fraction of sp³-hybridized carbons (Fsp3) is 0.0769. The Morgan fingerprint density at radius 3 is 2.22 bits per heavy atom. The summed E-state index contributed by atoms with van der Waals surface area (Å²) in [5.74, 6) is -0.940. The number of phenols is 4. The van der Waals surface area contributed by atoms with Gasteiger partial charge in [0, 0.05) is 12.1 Å². The van der Waals surface area contributed by atoms with Crippen molar-refractivity contribution in [1.82, 2.24) is 0 Å². The lowest BCUT2D eigenvalue weighted by atomic mass is 10.2. The molecule has 0 spiro atoms. The highest BCUT2D eigenvalue weighted by Crippen LogP contribution is 2.39. The fourth-order valence-corrected chi connectivity index (χ4v) is 1.57. The monoisotopic (exact) mass is 247 g/mol. The molecule has 0 saturated heterocycles. The number of phenolic OH excluding ortho intramolecular Hbond substituents is 4. The normalized spacial score (nSPS) is 10.3. The zero-order valence-electron chi connectivity index (χ0n) is 9.68. The molecule has 0 aromatic heterocycles. The molecule has 0 atom stereocenters. The summed E-state index contributed by atoms with van der Waals surface area (Å²) in [6.07, 6.45) is 0. The van der Waals surface area contributed by atoms with Crippen LogP contribution in [-0.4, -0.2) is 20.4 Å². The van der Waals surface area contributed by atoms with Gasteiger partial charge in [0.1, 0.15) is 11.5 Å². The summed E-state index contributed by atoms with van der Waals surface area (Å²) >= 11 is 0. The molecule has 94 valence electrons. The van der Waals surface area contributed by atoms with E-state index in [-0.39, 0.29) is 22.9 Å². The topological polar surface area (TPSA) is 93.0 Å². The van der Waals surface area contributed by atoms with Crippen LogP contribution in [0.25, 0.3) is 0 Å². The van der Waals surface area contributed by atoms with Gasteiger partial charge in [-0.05, 0) is 18.6 Å². The first-order valence-corrected chi connectivity index (χ1v) is 5.29. The molecule has 2 aromatic carbocycles. The lowest BCUT2D eigenvalue weighted by molar-refractivity contribution is 0.397. The molecule has 5 N–H and O–H groups in total. The first kappa shape index (κ1) is 11.9. The van der Waals surface area contributed by atoms with Gasteiger partial charge in [-0.2, -0.15) is 0 Å². The van der Waals surface area contributed by atoms with Crippen LogP contribution in [-0.2, 0) is 0 Å². The van der Waals surface area contributed by atoms with Crippen molar-refractivity contribution >= 4 is 11.4 Å². The van der Waals surface area contributed by atoms with Gasteiger partial charge in [0.15, 0.2) is 11.5 Å². The van der Waals surface area contributed by atoms with Crippen molar-refractivity contribution in [2.75, 3.05) is 5.32 Å². The number of hydrogen-bond acceptors (Lipinski definition) is 5. The van der Waals surface area contributed by atoms with Gasteiger partial charge in [-0.25, -0.2) is 0 Å². The van der Waals surface area contributed by atoms with Crippen LogP contribution in [0.4, 0.5) is 11.4 Å². The smallest absolute Gasteiger partial charge is 0.161 e. The molecule has 0 aliphatic carbocycles. The molecule has 0 radical (unpaired) electrons. The first-order chi connectivity index (χ1) is 8.49. The van der Waals surface area contributed by atoms with Crippen LogP contribution < -0.4 is 5.32 Å². The largest absolute Gasteiger partial charge is 0.506 e. The molecule has 0 heterocycles. The number of hydrogen-bond donors (Lipinski definition) is 5. The Kier molecular flexibility index (Phi) is 2.89. The Bertz CT molecular complexity index is 596. The van der Waals surface area contributed by atoms with Gasteiger partial charge < -0.3 is 25.7 Å². The van der Waals surface area contributed by atoms with Gasteiger partial charge in [-0.1, -0.05) is 12.1 Å². The van der Waals surface area contributed by atoms with Crippen LogP contribution >= 0.6 is 0 Å². The highest BCUT2D eigenvalue weighted by atomic mass is 16.3. The zero-order chi connectivity index (χ0) is 13.3. The summed E-state index contributed by atoms with van der Waals surface area (Å²) < 4.78 is 0. The fourth-order valence-electron chi connectivity index (χ4n) is 1.57. The highest BCUT2D eigenvalue weighted by molar-refractivity contribution is 5.73. The SMILES string of the molecule is Cc1cccc(Nc2cc(O)c(O)cc2O)c1O. The summed E-state index contributed by atoms with van der Waals surface area (Å²) in [6.45, 7) is 1.74. The van der Waals surface area contributed by atoms with Gasteiger partial charge in [0.2, 0.25) is 0 Å². The average Bonchev–Trinajstić information content (AvgIpc) is 2.32. The van der Waals surface area contributed by atoms with Crippen molar-refractivity contribution in [3.8, 4) is 23.0 Å². The molecule has 0 bridgehead atoms. The molecular weight excluding hydrogens is 234 g/mol. The number of rotatable bonds is 2. The maximum Gasteiger partial charge on any atom is 0.161 e. The van der Waals surface area contributed by atoms with Crippen LogP contribution in [0.1, 0.15) is 5.56 Å². The Balaban J connectivity index is 2.40. The molecule has 0 saturated carbocycles. The summed E-state index contributed by atoms with van der Waals surface area (Å²) in [4.78, 5) is 0. The minimum Gasteiger partial charge on any atom is -0.506 e. The number of benzene rings is 2. The predicted octanol–water partition coefficient (Wildman–Crippen LogP) is 2.56. The maximum atomic E-state index is 9.82. The molecule has 2 rings (SSSR count). The summed E-state index contributed by atoms with van der Waals surface area (Å²) in [7, 11) is 0. The second kappa shape index (κ2) is 4.37. The van der Waals surface area contributed by atoms with E-state index in [0.29, 0.717) is 11.3 Å². The van der Waals surface area contributed by atoms with Crippen molar-refractivity contribution < 1.29 is 20.4 Å². The van der Waals surface area contributed by atoms with Crippen LogP contribution in [0.15, 0.2) is 30.3 Å². The molecule has 18 heavy (non-hydrogen) atoms. The number of aromatic hydroxyl groups is 4. The molecule has 0 aliphatic heterocycles. The number of para-hydroxylation sites is 1. The quantitative estimate of drug-likeness (QED) is 0.415. The molecule has 5 nitrogen and oxygen atoms in total. The van der Waals surface area contributed by atoms with Gasteiger partial charge >= 0.3 is 0 Å². The van der Waals surface area contributed by atoms with Crippen LogP contribution in [0.5, 0.6) is 23.0 Å². The standard InChI is InChI=1S/C13H13NO4/c1-7-3-2-4-8(13(7)18)14-9-5-11(16)12(17)6-10(9)15/h2-6,14-18H,1H3. The Morgan fingerprint density at radius 1 is 0.833 bits per heavy atom. The third-order valence-corrected chi connectivity index (χ3v) is 2.60. The van der Waals surface area contributed by atoms with E-state index < -0.39 is 5.75 Å². The van der Waals surface area contributed by atoms with Crippen LogP contribution in [0.3, 0.4) is 0 Å². The van der Waals surface area contributed by atoms with E-state index in [2.05, 4.69) is 5.32 Å². The summed E-state index contributed by atoms with van der Waals surface area (Å²) in [5, 5.41) is 40.8. The number of aryl methyl sites for hydroxylation is 1. The predicted molar refractivity (Wildman–Crippen MR) is 67.6 cm³/mol. The number of anilines is 2. The Morgan fingerprint density at radius 2 is 1.50 bits per heavy atom. The van der Waals surface area contributed by atoms with Crippen LogP contribution in [0.2, 0.25) is 0 Å². The molecular formula is C13H13NO4. The van der Waals surface area contributed by atoms with Gasteiger partial charge in [0.25, 0.3) is 0 Å². The summed E-state index contributed by atoms with van der Waals surface area (Å²) in [5.41, 5.74) is 1.27. The molecule has 2 aromatic rings. The van der Waals surface area contributed by atoms with Crippen molar-refractivity contribution in [2.24, 2.45) is 0 Å². The second-order valence-corrected chi connectivity index (χ2v) is 3.95. The molecule has 0 aliphatic rings. The zero-order valence-corrected chi connectivity index (χ0v) is 9.68. The Hall–Kier alpha value is -2.56. The van der Waals surface area contributed by atoms with E-state index in [1.54, 1.807) is 25.1 Å². The minimum absolute atomic E-state index is 0.0597. The highest BCUT2D eigenvalue weighted by Gasteiger charge is 2.10. The maximum absolute atomic E-state index is 9.82. The van der Waals surface area contributed by atoms with Crippen molar-refractivity contribution in [3.63, 3.8) is 0 Å². The lowest BCUT2D eigenvalue weighted by Crippen LogP contribution is -1.92. The number of nitrogens with one attached hydrogen (secondary N) is 1. The lowest BCUT2D eigenvalue weighted by Gasteiger charge is -2.12. The first-order valence-electron chi connectivity index (χ1n) is 5.29. The van der Waals surface area contributed by atoms with Gasteiger partial charge in [-0.3, -0.25) is 0 Å². The van der Waals surface area contributed by atoms with Gasteiger partial charge in [-0.15, -0.1) is 0 Å². The van der Waals surface area contributed by atoms with Gasteiger partial charge in [0.05, 0.1) is 11.4 Å². The van der Waals surface area contributed by atoms with E-state index >= 15 is 0 Å². The molecule has 0 fully saturated rings.